The number of aromatic nitrogens is 2. The van der Waals surface area contributed by atoms with Gasteiger partial charge in [-0.3, -0.25) is 9.36 Å². The molecule has 25 heavy (non-hydrogen) atoms. The predicted octanol–water partition coefficient (Wildman–Crippen LogP) is 4.42. The maximum absolute atomic E-state index is 13.3. The fourth-order valence-corrected chi connectivity index (χ4v) is 3.15. The highest BCUT2D eigenvalue weighted by atomic mass is 16.1. The largest absolute Gasteiger partial charge is 0.288 e. The summed E-state index contributed by atoms with van der Waals surface area (Å²) < 4.78 is 1.78. The van der Waals surface area contributed by atoms with Crippen molar-refractivity contribution >= 4 is 10.9 Å². The van der Waals surface area contributed by atoms with E-state index in [1.165, 1.54) is 0 Å². The van der Waals surface area contributed by atoms with Crippen molar-refractivity contribution in [3.8, 4) is 11.4 Å². The minimum atomic E-state index is 0.00538. The Morgan fingerprint density at radius 2 is 1.52 bits per heavy atom. The Bertz CT molecular complexity index is 1080. The van der Waals surface area contributed by atoms with Crippen molar-refractivity contribution < 1.29 is 0 Å². The van der Waals surface area contributed by atoms with Gasteiger partial charge >= 0.3 is 0 Å². The summed E-state index contributed by atoms with van der Waals surface area (Å²) in [4.78, 5) is 18.1. The monoisotopic (exact) mass is 326 g/mol. The summed E-state index contributed by atoms with van der Waals surface area (Å²) in [5.74, 6) is 0.701. The van der Waals surface area contributed by atoms with Crippen LogP contribution < -0.4 is 5.56 Å². The van der Waals surface area contributed by atoms with Crippen LogP contribution in [0.4, 0.5) is 0 Å². The summed E-state index contributed by atoms with van der Waals surface area (Å²) in [5.41, 5.74) is 3.73. The van der Waals surface area contributed by atoms with Crippen molar-refractivity contribution in [3.63, 3.8) is 0 Å². The standard InChI is InChI=1S/C22H18N2O/c1-16-9-8-14-19-20(16)22(25)24(15-17-10-4-2-5-11-17)21(23-19)18-12-6-3-7-13-18/h2-14H,15H2,1H3. The Morgan fingerprint density at radius 1 is 0.840 bits per heavy atom. The van der Waals surface area contributed by atoms with Crippen LogP contribution >= 0.6 is 0 Å². The molecule has 0 radical (unpaired) electrons. The molecule has 3 nitrogen and oxygen atoms in total. The van der Waals surface area contributed by atoms with Crippen molar-refractivity contribution in [2.45, 2.75) is 13.5 Å². The summed E-state index contributed by atoms with van der Waals surface area (Å²) in [6, 6.07) is 25.7. The van der Waals surface area contributed by atoms with Gasteiger partial charge in [0, 0.05) is 5.56 Å². The number of hydrogen-bond donors (Lipinski definition) is 0. The summed E-state index contributed by atoms with van der Waals surface area (Å²) in [7, 11) is 0. The van der Waals surface area contributed by atoms with Crippen LogP contribution in [-0.4, -0.2) is 9.55 Å². The normalized spacial score (nSPS) is 10.9. The van der Waals surface area contributed by atoms with E-state index in [0.717, 1.165) is 22.2 Å². The van der Waals surface area contributed by atoms with E-state index in [9.17, 15) is 4.79 Å². The number of benzene rings is 3. The fraction of sp³-hybridized carbons (Fsp3) is 0.0909. The van der Waals surface area contributed by atoms with Gasteiger partial charge in [0.15, 0.2) is 0 Å². The van der Waals surface area contributed by atoms with E-state index in [0.29, 0.717) is 17.8 Å². The van der Waals surface area contributed by atoms with E-state index < -0.39 is 0 Å². The van der Waals surface area contributed by atoms with Crippen LogP contribution in [0.2, 0.25) is 0 Å². The lowest BCUT2D eigenvalue weighted by Crippen LogP contribution is -2.24. The molecule has 4 aromatic rings. The lowest BCUT2D eigenvalue weighted by atomic mass is 10.1. The van der Waals surface area contributed by atoms with Gasteiger partial charge in [-0.15, -0.1) is 0 Å². The third-order valence-electron chi connectivity index (χ3n) is 4.41. The Hall–Kier alpha value is -3.20. The summed E-state index contributed by atoms with van der Waals surface area (Å²) >= 11 is 0. The number of nitrogens with zero attached hydrogens (tertiary/aromatic N) is 2. The van der Waals surface area contributed by atoms with Gasteiger partial charge in [-0.2, -0.15) is 0 Å². The quantitative estimate of drug-likeness (QED) is 0.558. The molecule has 0 aliphatic heterocycles. The Morgan fingerprint density at radius 3 is 2.24 bits per heavy atom. The molecule has 3 aromatic carbocycles. The van der Waals surface area contributed by atoms with E-state index >= 15 is 0 Å². The molecular formula is C22H18N2O. The average molecular weight is 326 g/mol. The first kappa shape index (κ1) is 15.3. The molecule has 0 aliphatic rings. The van der Waals surface area contributed by atoms with Crippen molar-refractivity contribution in [3.05, 3.63) is 100 Å². The molecule has 122 valence electrons. The SMILES string of the molecule is Cc1cccc2nc(-c3ccccc3)n(Cc3ccccc3)c(=O)c12. The van der Waals surface area contributed by atoms with Gasteiger partial charge in [0.25, 0.3) is 5.56 Å². The lowest BCUT2D eigenvalue weighted by Gasteiger charge is -2.14. The third kappa shape index (κ3) is 2.85. The highest BCUT2D eigenvalue weighted by molar-refractivity contribution is 5.82. The zero-order valence-electron chi connectivity index (χ0n) is 14.0. The first-order chi connectivity index (χ1) is 12.2. The van der Waals surface area contributed by atoms with E-state index in [4.69, 9.17) is 4.98 Å². The summed E-state index contributed by atoms with van der Waals surface area (Å²) in [5, 5.41) is 0.693. The number of hydrogen-bond acceptors (Lipinski definition) is 2. The molecule has 0 spiro atoms. The van der Waals surface area contributed by atoms with Gasteiger partial charge in [0.2, 0.25) is 0 Å². The molecule has 0 N–H and O–H groups in total. The highest BCUT2D eigenvalue weighted by Crippen LogP contribution is 2.21. The Kier molecular flexibility index (Phi) is 3.90. The summed E-state index contributed by atoms with van der Waals surface area (Å²) in [6.07, 6.45) is 0. The molecule has 1 heterocycles. The van der Waals surface area contributed by atoms with Crippen molar-refractivity contribution in [2.75, 3.05) is 0 Å². The minimum absolute atomic E-state index is 0.00538. The molecule has 0 saturated carbocycles. The van der Waals surface area contributed by atoms with Crippen molar-refractivity contribution in [1.82, 2.24) is 9.55 Å². The first-order valence-electron chi connectivity index (χ1n) is 8.33. The van der Waals surface area contributed by atoms with E-state index in [-0.39, 0.29) is 5.56 Å². The van der Waals surface area contributed by atoms with Crippen LogP contribution in [0.15, 0.2) is 83.7 Å². The molecule has 0 fully saturated rings. The van der Waals surface area contributed by atoms with Gasteiger partial charge in [0.05, 0.1) is 17.4 Å². The van der Waals surface area contributed by atoms with Crippen LogP contribution in [-0.2, 0) is 6.54 Å². The van der Waals surface area contributed by atoms with E-state index in [1.54, 1.807) is 4.57 Å². The fourth-order valence-electron chi connectivity index (χ4n) is 3.15. The zero-order valence-corrected chi connectivity index (χ0v) is 14.0. The molecule has 0 aliphatic carbocycles. The Balaban J connectivity index is 2.02. The van der Waals surface area contributed by atoms with Gasteiger partial charge in [-0.05, 0) is 24.1 Å². The van der Waals surface area contributed by atoms with E-state index in [2.05, 4.69) is 0 Å². The molecule has 0 atom stereocenters. The van der Waals surface area contributed by atoms with Crippen LogP contribution in [0.5, 0.6) is 0 Å². The lowest BCUT2D eigenvalue weighted by molar-refractivity contribution is 0.759. The summed E-state index contributed by atoms with van der Waals surface area (Å²) in [6.45, 7) is 2.46. The zero-order chi connectivity index (χ0) is 17.2. The van der Waals surface area contributed by atoms with Crippen LogP contribution in [0.1, 0.15) is 11.1 Å². The smallest absolute Gasteiger partial charge is 0.262 e. The van der Waals surface area contributed by atoms with Gasteiger partial charge in [0.1, 0.15) is 5.82 Å². The molecule has 1 aromatic heterocycles. The average Bonchev–Trinajstić information content (AvgIpc) is 2.65. The maximum Gasteiger partial charge on any atom is 0.262 e. The second kappa shape index (κ2) is 6.36. The van der Waals surface area contributed by atoms with Crippen LogP contribution in [0.3, 0.4) is 0 Å². The minimum Gasteiger partial charge on any atom is -0.288 e. The third-order valence-corrected chi connectivity index (χ3v) is 4.41. The van der Waals surface area contributed by atoms with E-state index in [1.807, 2.05) is 85.8 Å². The predicted molar refractivity (Wildman–Crippen MR) is 102 cm³/mol. The van der Waals surface area contributed by atoms with Crippen molar-refractivity contribution in [1.29, 1.82) is 0 Å². The molecule has 3 heteroatoms. The van der Waals surface area contributed by atoms with Gasteiger partial charge < -0.3 is 0 Å². The van der Waals surface area contributed by atoms with Gasteiger partial charge in [-0.25, -0.2) is 4.98 Å². The number of rotatable bonds is 3. The highest BCUT2D eigenvalue weighted by Gasteiger charge is 2.14. The maximum atomic E-state index is 13.3. The molecule has 4 rings (SSSR count). The molecule has 0 unspecified atom stereocenters. The van der Waals surface area contributed by atoms with Crippen LogP contribution in [0, 0.1) is 6.92 Å². The topological polar surface area (TPSA) is 34.9 Å². The number of aryl methyl sites for hydroxylation is 1. The molecule has 0 amide bonds. The Labute approximate surface area is 146 Å². The molecular weight excluding hydrogens is 308 g/mol. The molecule has 0 bridgehead atoms. The van der Waals surface area contributed by atoms with Crippen molar-refractivity contribution in [2.24, 2.45) is 0 Å². The first-order valence-corrected chi connectivity index (χ1v) is 8.33. The second-order valence-electron chi connectivity index (χ2n) is 6.15. The molecule has 0 saturated heterocycles. The number of fused-ring (bicyclic) bond motifs is 1. The second-order valence-corrected chi connectivity index (χ2v) is 6.15. The van der Waals surface area contributed by atoms with Crippen LogP contribution in [0.25, 0.3) is 22.3 Å². The van der Waals surface area contributed by atoms with Gasteiger partial charge in [-0.1, -0.05) is 72.8 Å².